The first-order chi connectivity index (χ1) is 14.6. The molecule has 0 aliphatic carbocycles. The Morgan fingerprint density at radius 2 is 1.63 bits per heavy atom. The van der Waals surface area contributed by atoms with Gasteiger partial charge in [-0.15, -0.1) is 0 Å². The van der Waals surface area contributed by atoms with Crippen molar-refractivity contribution in [2.75, 3.05) is 11.1 Å². The number of hydrogen-bond donors (Lipinski definition) is 1. The zero-order valence-electron chi connectivity index (χ0n) is 17.0. The van der Waals surface area contributed by atoms with E-state index in [1.165, 1.54) is 17.3 Å². The van der Waals surface area contributed by atoms with Crippen LogP contribution in [-0.4, -0.2) is 21.2 Å². The molecule has 0 saturated carbocycles. The lowest BCUT2D eigenvalue weighted by Gasteiger charge is -2.09. The molecule has 0 fully saturated rings. The molecule has 0 saturated heterocycles. The molecule has 150 valence electrons. The number of hydrogen-bond acceptors (Lipinski definition) is 3. The lowest BCUT2D eigenvalue weighted by molar-refractivity contribution is -0.113. The first-order valence-corrected chi connectivity index (χ1v) is 10.8. The fourth-order valence-corrected chi connectivity index (χ4v) is 3.93. The molecule has 0 bridgehead atoms. The Morgan fingerprint density at radius 1 is 0.933 bits per heavy atom. The second-order valence-corrected chi connectivity index (χ2v) is 8.07. The van der Waals surface area contributed by atoms with Crippen molar-refractivity contribution in [2.24, 2.45) is 0 Å². The zero-order valence-corrected chi connectivity index (χ0v) is 17.8. The van der Waals surface area contributed by atoms with Gasteiger partial charge < -0.3 is 5.32 Å². The second kappa shape index (κ2) is 9.01. The third-order valence-corrected chi connectivity index (χ3v) is 5.76. The van der Waals surface area contributed by atoms with Crippen molar-refractivity contribution < 1.29 is 4.79 Å². The van der Waals surface area contributed by atoms with Crippen LogP contribution in [0.15, 0.2) is 90.2 Å². The first kappa shape index (κ1) is 20.0. The highest BCUT2D eigenvalue weighted by Crippen LogP contribution is 2.27. The second-order valence-electron chi connectivity index (χ2n) is 7.13. The van der Waals surface area contributed by atoms with Gasteiger partial charge in [-0.05, 0) is 37.6 Å². The van der Waals surface area contributed by atoms with Crippen LogP contribution >= 0.6 is 11.8 Å². The van der Waals surface area contributed by atoms with Crippen molar-refractivity contribution in [3.63, 3.8) is 0 Å². The molecule has 0 radical (unpaired) electrons. The monoisotopic (exact) mass is 413 g/mol. The number of imidazole rings is 1. The normalized spacial score (nSPS) is 10.7. The van der Waals surface area contributed by atoms with Crippen molar-refractivity contribution in [1.29, 1.82) is 0 Å². The number of carbonyl (C=O) groups excluding carboxylic acids is 1. The van der Waals surface area contributed by atoms with Crippen LogP contribution in [0.25, 0.3) is 16.9 Å². The minimum Gasteiger partial charge on any atom is -0.325 e. The van der Waals surface area contributed by atoms with Gasteiger partial charge >= 0.3 is 0 Å². The number of anilines is 1. The van der Waals surface area contributed by atoms with Gasteiger partial charge in [0.25, 0.3) is 0 Å². The Hall–Kier alpha value is -3.31. The van der Waals surface area contributed by atoms with Crippen LogP contribution < -0.4 is 5.32 Å². The van der Waals surface area contributed by atoms with E-state index in [1.807, 2.05) is 72.3 Å². The van der Waals surface area contributed by atoms with E-state index in [0.717, 1.165) is 33.4 Å². The third-order valence-electron chi connectivity index (χ3n) is 4.81. The number of rotatable bonds is 6. The molecule has 4 rings (SSSR count). The molecule has 0 unspecified atom stereocenters. The van der Waals surface area contributed by atoms with E-state index >= 15 is 0 Å². The summed E-state index contributed by atoms with van der Waals surface area (Å²) in [5, 5.41) is 3.78. The highest BCUT2D eigenvalue weighted by molar-refractivity contribution is 7.99. The number of benzene rings is 3. The molecule has 3 aromatic carbocycles. The number of nitrogens with one attached hydrogen (secondary N) is 1. The van der Waals surface area contributed by atoms with Gasteiger partial charge in [0.1, 0.15) is 0 Å². The summed E-state index contributed by atoms with van der Waals surface area (Å²) in [6.45, 7) is 4.05. The summed E-state index contributed by atoms with van der Waals surface area (Å²) < 4.78 is 2.05. The summed E-state index contributed by atoms with van der Waals surface area (Å²) in [5.74, 6) is 0.236. The predicted octanol–water partition coefficient (Wildman–Crippen LogP) is 5.89. The largest absolute Gasteiger partial charge is 0.325 e. The van der Waals surface area contributed by atoms with Crippen molar-refractivity contribution in [3.8, 4) is 16.9 Å². The summed E-state index contributed by atoms with van der Waals surface area (Å²) in [4.78, 5) is 17.4. The lowest BCUT2D eigenvalue weighted by Crippen LogP contribution is -2.15. The molecule has 1 aromatic heterocycles. The summed E-state index contributed by atoms with van der Waals surface area (Å²) in [7, 11) is 0. The Bertz CT molecular complexity index is 1150. The van der Waals surface area contributed by atoms with E-state index in [-0.39, 0.29) is 11.7 Å². The van der Waals surface area contributed by atoms with E-state index in [9.17, 15) is 4.79 Å². The van der Waals surface area contributed by atoms with Gasteiger partial charge in [0, 0.05) is 23.1 Å². The number of para-hydroxylation sites is 1. The van der Waals surface area contributed by atoms with Gasteiger partial charge in [0.15, 0.2) is 5.16 Å². The molecule has 1 N–H and O–H groups in total. The fraction of sp³-hybridized carbons (Fsp3) is 0.120. The molecule has 5 heteroatoms. The first-order valence-electron chi connectivity index (χ1n) is 9.80. The molecule has 4 aromatic rings. The van der Waals surface area contributed by atoms with Gasteiger partial charge in [-0.2, -0.15) is 0 Å². The number of aryl methyl sites for hydroxylation is 2. The van der Waals surface area contributed by atoms with Crippen molar-refractivity contribution in [1.82, 2.24) is 9.55 Å². The van der Waals surface area contributed by atoms with E-state index in [1.54, 1.807) is 0 Å². The zero-order chi connectivity index (χ0) is 20.9. The molecule has 4 nitrogen and oxygen atoms in total. The van der Waals surface area contributed by atoms with Crippen LogP contribution in [0.5, 0.6) is 0 Å². The van der Waals surface area contributed by atoms with Crippen molar-refractivity contribution in [3.05, 3.63) is 96.2 Å². The minimum absolute atomic E-state index is 0.0472. The average molecular weight is 414 g/mol. The molecule has 0 aliphatic rings. The van der Waals surface area contributed by atoms with Gasteiger partial charge in [-0.1, -0.05) is 78.0 Å². The molecule has 0 spiro atoms. The summed E-state index contributed by atoms with van der Waals surface area (Å²) in [6, 6.07) is 26.2. The Morgan fingerprint density at radius 3 is 2.37 bits per heavy atom. The highest BCUT2D eigenvalue weighted by Gasteiger charge is 2.14. The van der Waals surface area contributed by atoms with Gasteiger partial charge in [0.05, 0.1) is 11.4 Å². The van der Waals surface area contributed by atoms with Gasteiger partial charge in [-0.25, -0.2) is 4.98 Å². The van der Waals surface area contributed by atoms with Gasteiger partial charge in [-0.3, -0.25) is 9.36 Å². The molecule has 1 heterocycles. The Labute approximate surface area is 181 Å². The Balaban J connectivity index is 1.58. The predicted molar refractivity (Wildman–Crippen MR) is 124 cm³/mol. The maximum Gasteiger partial charge on any atom is 0.234 e. The smallest absolute Gasteiger partial charge is 0.234 e. The molecule has 1 amide bonds. The average Bonchev–Trinajstić information content (AvgIpc) is 3.19. The molecule has 30 heavy (non-hydrogen) atoms. The van der Waals surface area contributed by atoms with Crippen LogP contribution in [0.1, 0.15) is 11.1 Å². The number of amides is 1. The van der Waals surface area contributed by atoms with E-state index in [4.69, 9.17) is 4.98 Å². The van der Waals surface area contributed by atoms with Crippen LogP contribution in [-0.2, 0) is 4.79 Å². The quantitative estimate of drug-likeness (QED) is 0.401. The molecular weight excluding hydrogens is 390 g/mol. The highest BCUT2D eigenvalue weighted by atomic mass is 32.2. The molecule has 0 atom stereocenters. The summed E-state index contributed by atoms with van der Waals surface area (Å²) >= 11 is 1.43. The summed E-state index contributed by atoms with van der Waals surface area (Å²) in [6.07, 6.45) is 2.03. The number of thioether (sulfide) groups is 1. The number of aromatic nitrogens is 2. The standard InChI is InChI=1S/C25H23N3OS/c1-18-12-14-21(15-13-18)28-16-23(20-9-4-3-5-10-20)27-25(28)30-17-24(29)26-22-11-7-6-8-19(22)2/h3-16H,17H2,1-2H3,(H,26,29). The van der Waals surface area contributed by atoms with Crippen molar-refractivity contribution >= 4 is 23.4 Å². The number of nitrogens with zero attached hydrogens (tertiary/aromatic N) is 2. The number of carbonyl (C=O) groups is 1. The van der Waals surface area contributed by atoms with Crippen molar-refractivity contribution in [2.45, 2.75) is 19.0 Å². The lowest BCUT2D eigenvalue weighted by atomic mass is 10.2. The van der Waals surface area contributed by atoms with Gasteiger partial charge in [0.2, 0.25) is 5.91 Å². The fourth-order valence-electron chi connectivity index (χ4n) is 3.13. The van der Waals surface area contributed by atoms with E-state index < -0.39 is 0 Å². The van der Waals surface area contributed by atoms with Crippen LogP contribution in [0.3, 0.4) is 0 Å². The van der Waals surface area contributed by atoms with E-state index in [2.05, 4.69) is 36.5 Å². The molecular formula is C25H23N3OS. The van der Waals surface area contributed by atoms with Crippen LogP contribution in [0, 0.1) is 13.8 Å². The minimum atomic E-state index is -0.0472. The van der Waals surface area contributed by atoms with Crippen LogP contribution in [0.2, 0.25) is 0 Å². The SMILES string of the molecule is Cc1ccc(-n2cc(-c3ccccc3)nc2SCC(=O)Nc2ccccc2C)cc1. The third kappa shape index (κ3) is 4.63. The maximum atomic E-state index is 12.5. The van der Waals surface area contributed by atoms with Crippen LogP contribution in [0.4, 0.5) is 5.69 Å². The molecule has 0 aliphatic heterocycles. The summed E-state index contributed by atoms with van der Waals surface area (Å²) in [5.41, 5.74) is 6.05. The topological polar surface area (TPSA) is 46.9 Å². The Kier molecular flexibility index (Phi) is 6.00. The van der Waals surface area contributed by atoms with E-state index in [0.29, 0.717) is 0 Å². The maximum absolute atomic E-state index is 12.5.